The first-order valence-electron chi connectivity index (χ1n) is 8.05. The van der Waals surface area contributed by atoms with E-state index in [9.17, 15) is 13.2 Å². The van der Waals surface area contributed by atoms with Crippen LogP contribution in [0.5, 0.6) is 0 Å². The summed E-state index contributed by atoms with van der Waals surface area (Å²) >= 11 is 0. The maximum absolute atomic E-state index is 12.3. The first kappa shape index (κ1) is 17.9. The number of rotatable bonds is 6. The maximum atomic E-state index is 12.3. The minimum atomic E-state index is -3.36. The van der Waals surface area contributed by atoms with Gasteiger partial charge >= 0.3 is 0 Å². The third-order valence-electron chi connectivity index (χ3n) is 4.30. The maximum Gasteiger partial charge on any atom is 0.251 e. The van der Waals surface area contributed by atoms with Gasteiger partial charge in [0.25, 0.3) is 5.91 Å². The van der Waals surface area contributed by atoms with Gasteiger partial charge in [-0.1, -0.05) is 19.8 Å². The molecule has 128 valence electrons. The van der Waals surface area contributed by atoms with Crippen LogP contribution in [-0.4, -0.2) is 39.8 Å². The van der Waals surface area contributed by atoms with Gasteiger partial charge in [-0.15, -0.1) is 0 Å². The van der Waals surface area contributed by atoms with Crippen molar-refractivity contribution >= 4 is 15.7 Å². The van der Waals surface area contributed by atoms with Crippen molar-refractivity contribution in [2.75, 3.05) is 19.5 Å². The lowest BCUT2D eigenvalue weighted by Crippen LogP contribution is -2.37. The number of nitrogens with one attached hydrogen (secondary N) is 1. The molecule has 0 spiro atoms. The van der Waals surface area contributed by atoms with Crippen molar-refractivity contribution in [3.05, 3.63) is 29.8 Å². The van der Waals surface area contributed by atoms with E-state index in [0.717, 1.165) is 19.3 Å². The second-order valence-electron chi connectivity index (χ2n) is 6.28. The fourth-order valence-electron chi connectivity index (χ4n) is 2.96. The van der Waals surface area contributed by atoms with E-state index in [1.165, 1.54) is 25.7 Å². The van der Waals surface area contributed by atoms with Gasteiger partial charge in [0, 0.05) is 18.7 Å². The SMILES string of the molecule is COCCS(=O)(=O)c1ccc(C(=O)N[C@@H]2CCC[C@@H](C)C2)cc1. The lowest BCUT2D eigenvalue weighted by atomic mass is 9.87. The van der Waals surface area contributed by atoms with Gasteiger partial charge in [0.1, 0.15) is 0 Å². The van der Waals surface area contributed by atoms with Crippen molar-refractivity contribution in [2.24, 2.45) is 5.92 Å². The first-order valence-corrected chi connectivity index (χ1v) is 9.70. The van der Waals surface area contributed by atoms with Crippen LogP contribution in [0.25, 0.3) is 0 Å². The molecule has 0 aromatic heterocycles. The molecule has 23 heavy (non-hydrogen) atoms. The van der Waals surface area contributed by atoms with Gasteiger partial charge in [-0.25, -0.2) is 8.42 Å². The Morgan fingerprint density at radius 2 is 1.96 bits per heavy atom. The molecule has 0 heterocycles. The van der Waals surface area contributed by atoms with Crippen LogP contribution in [0.2, 0.25) is 0 Å². The second-order valence-corrected chi connectivity index (χ2v) is 8.39. The lowest BCUT2D eigenvalue weighted by Gasteiger charge is -2.27. The molecular formula is C17H25NO4S. The predicted molar refractivity (Wildman–Crippen MR) is 89.3 cm³/mol. The number of benzene rings is 1. The Labute approximate surface area is 138 Å². The van der Waals surface area contributed by atoms with Gasteiger partial charge in [0.15, 0.2) is 9.84 Å². The van der Waals surface area contributed by atoms with Crippen molar-refractivity contribution in [1.82, 2.24) is 5.32 Å². The van der Waals surface area contributed by atoms with Gasteiger partial charge < -0.3 is 10.1 Å². The molecule has 2 atom stereocenters. The van der Waals surface area contributed by atoms with Crippen molar-refractivity contribution in [3.8, 4) is 0 Å². The number of carbonyl (C=O) groups excluding carboxylic acids is 1. The van der Waals surface area contributed by atoms with Gasteiger partial charge in [-0.05, 0) is 43.0 Å². The summed E-state index contributed by atoms with van der Waals surface area (Å²) in [6.45, 7) is 2.36. The summed E-state index contributed by atoms with van der Waals surface area (Å²) in [7, 11) is -1.89. The molecule has 0 saturated heterocycles. The number of carbonyl (C=O) groups is 1. The van der Waals surface area contributed by atoms with Crippen molar-refractivity contribution in [2.45, 2.75) is 43.5 Å². The van der Waals surface area contributed by atoms with Gasteiger partial charge in [-0.3, -0.25) is 4.79 Å². The zero-order valence-corrected chi connectivity index (χ0v) is 14.6. The number of ether oxygens (including phenoxy) is 1. The average molecular weight is 339 g/mol. The highest BCUT2D eigenvalue weighted by Gasteiger charge is 2.21. The molecule has 1 aromatic rings. The topological polar surface area (TPSA) is 72.5 Å². The molecule has 0 unspecified atom stereocenters. The smallest absolute Gasteiger partial charge is 0.251 e. The van der Waals surface area contributed by atoms with E-state index < -0.39 is 9.84 Å². The van der Waals surface area contributed by atoms with Crippen LogP contribution in [0, 0.1) is 5.92 Å². The summed E-state index contributed by atoms with van der Waals surface area (Å²) in [6, 6.07) is 6.34. The van der Waals surface area contributed by atoms with Crippen molar-refractivity contribution in [1.29, 1.82) is 0 Å². The normalized spacial score (nSPS) is 21.8. The summed E-state index contributed by atoms with van der Waals surface area (Å²) in [6.07, 6.45) is 4.39. The van der Waals surface area contributed by atoms with E-state index in [0.29, 0.717) is 11.5 Å². The van der Waals surface area contributed by atoms with Gasteiger partial charge in [0.05, 0.1) is 17.3 Å². The van der Waals surface area contributed by atoms with E-state index >= 15 is 0 Å². The molecular weight excluding hydrogens is 314 g/mol. The number of amides is 1. The molecule has 1 aliphatic rings. The standard InChI is InChI=1S/C17H25NO4S/c1-13-4-3-5-15(12-13)18-17(19)14-6-8-16(9-7-14)23(20,21)11-10-22-2/h6-9,13,15H,3-5,10-12H2,1-2H3,(H,18,19)/t13-,15-/m1/s1. The number of methoxy groups -OCH3 is 1. The summed E-state index contributed by atoms with van der Waals surface area (Å²) in [5, 5.41) is 3.05. The Kier molecular flexibility index (Phi) is 6.18. The first-order chi connectivity index (χ1) is 10.9. The van der Waals surface area contributed by atoms with Gasteiger partial charge in [0.2, 0.25) is 0 Å². The van der Waals surface area contributed by atoms with E-state index in [1.807, 2.05) is 0 Å². The molecule has 5 nitrogen and oxygen atoms in total. The Hall–Kier alpha value is -1.40. The monoisotopic (exact) mass is 339 g/mol. The zero-order chi connectivity index (χ0) is 16.9. The molecule has 1 N–H and O–H groups in total. The highest BCUT2D eigenvalue weighted by molar-refractivity contribution is 7.91. The predicted octanol–water partition coefficient (Wildman–Crippen LogP) is 2.42. The summed E-state index contributed by atoms with van der Waals surface area (Å²) < 4.78 is 28.9. The lowest BCUT2D eigenvalue weighted by molar-refractivity contribution is 0.0921. The third-order valence-corrected chi connectivity index (χ3v) is 6.00. The van der Waals surface area contributed by atoms with E-state index in [-0.39, 0.29) is 29.2 Å². The Morgan fingerprint density at radius 3 is 2.57 bits per heavy atom. The van der Waals surface area contributed by atoms with E-state index in [4.69, 9.17) is 4.74 Å². The summed E-state index contributed by atoms with van der Waals surface area (Å²) in [5.41, 5.74) is 0.494. The van der Waals surface area contributed by atoms with Crippen LogP contribution >= 0.6 is 0 Å². The molecule has 2 rings (SSSR count). The van der Waals surface area contributed by atoms with E-state index in [1.54, 1.807) is 12.1 Å². The summed E-state index contributed by atoms with van der Waals surface area (Å²) in [4.78, 5) is 12.5. The quantitative estimate of drug-likeness (QED) is 0.864. The Morgan fingerprint density at radius 1 is 1.26 bits per heavy atom. The van der Waals surface area contributed by atoms with Crippen LogP contribution in [0.1, 0.15) is 43.0 Å². The van der Waals surface area contributed by atoms with Crippen molar-refractivity contribution in [3.63, 3.8) is 0 Å². The second kappa shape index (κ2) is 7.93. The minimum Gasteiger partial charge on any atom is -0.384 e. The molecule has 1 aliphatic carbocycles. The molecule has 6 heteroatoms. The average Bonchev–Trinajstić information content (AvgIpc) is 2.53. The van der Waals surface area contributed by atoms with Crippen molar-refractivity contribution < 1.29 is 17.9 Å². The van der Waals surface area contributed by atoms with Gasteiger partial charge in [-0.2, -0.15) is 0 Å². The molecule has 1 amide bonds. The number of sulfone groups is 1. The molecule has 1 saturated carbocycles. The minimum absolute atomic E-state index is 0.0605. The molecule has 0 aliphatic heterocycles. The Bertz CT molecular complexity index is 624. The number of hydrogen-bond donors (Lipinski definition) is 1. The highest BCUT2D eigenvalue weighted by atomic mass is 32.2. The molecule has 0 bridgehead atoms. The Balaban J connectivity index is 2.00. The molecule has 0 radical (unpaired) electrons. The van der Waals surface area contributed by atoms with Crippen LogP contribution in [0.3, 0.4) is 0 Å². The van der Waals surface area contributed by atoms with Crippen LogP contribution in [-0.2, 0) is 14.6 Å². The highest BCUT2D eigenvalue weighted by Crippen LogP contribution is 2.23. The van der Waals surface area contributed by atoms with Crippen LogP contribution in [0.15, 0.2) is 29.2 Å². The fourth-order valence-corrected chi connectivity index (χ4v) is 4.13. The fraction of sp³-hybridized carbons (Fsp3) is 0.588. The molecule has 1 fully saturated rings. The number of hydrogen-bond acceptors (Lipinski definition) is 4. The molecule has 1 aromatic carbocycles. The largest absolute Gasteiger partial charge is 0.384 e. The summed E-state index contributed by atoms with van der Waals surface area (Å²) in [5.74, 6) is 0.446. The van der Waals surface area contributed by atoms with Crippen LogP contribution < -0.4 is 5.32 Å². The van der Waals surface area contributed by atoms with E-state index in [2.05, 4.69) is 12.2 Å². The zero-order valence-electron chi connectivity index (χ0n) is 13.7. The third kappa shape index (κ3) is 5.04. The van der Waals surface area contributed by atoms with Crippen LogP contribution in [0.4, 0.5) is 0 Å².